The van der Waals surface area contributed by atoms with Gasteiger partial charge in [0.2, 0.25) is 0 Å². The number of para-hydroxylation sites is 2. The molecule has 0 aromatic heterocycles. The average molecular weight is 315 g/mol. The summed E-state index contributed by atoms with van der Waals surface area (Å²) in [5, 5.41) is 11.1. The molecule has 120 valence electrons. The Kier molecular flexibility index (Phi) is 5.30. The van der Waals surface area contributed by atoms with Crippen LogP contribution < -0.4 is 4.74 Å². The summed E-state index contributed by atoms with van der Waals surface area (Å²) in [5.41, 5.74) is 0.844. The van der Waals surface area contributed by atoms with E-state index in [1.807, 2.05) is 13.0 Å². The fraction of sp³-hybridized carbons (Fsp3) is 0.235. The predicted molar refractivity (Wildman–Crippen MR) is 84.6 cm³/mol. The fourth-order valence-corrected chi connectivity index (χ4v) is 2.21. The number of hydrogen-bond donors (Lipinski definition) is 0. The number of benzene rings is 2. The molecule has 0 aliphatic carbocycles. The first-order valence-corrected chi connectivity index (χ1v) is 7.16. The Bertz CT molecular complexity index is 727. The van der Waals surface area contributed by atoms with Crippen LogP contribution >= 0.6 is 0 Å². The van der Waals surface area contributed by atoms with E-state index in [1.165, 1.54) is 6.07 Å². The zero-order chi connectivity index (χ0) is 16.8. The van der Waals surface area contributed by atoms with Crippen LogP contribution in [0.5, 0.6) is 5.75 Å². The van der Waals surface area contributed by atoms with Crippen LogP contribution in [0.1, 0.15) is 28.4 Å². The summed E-state index contributed by atoms with van der Waals surface area (Å²) in [4.78, 5) is 22.8. The highest BCUT2D eigenvalue weighted by Crippen LogP contribution is 2.25. The van der Waals surface area contributed by atoms with E-state index in [0.717, 1.165) is 0 Å². The van der Waals surface area contributed by atoms with E-state index in [0.29, 0.717) is 23.5 Å². The maximum absolute atomic E-state index is 12.2. The molecule has 0 aliphatic heterocycles. The Morgan fingerprint density at radius 2 is 1.91 bits per heavy atom. The highest BCUT2D eigenvalue weighted by molar-refractivity contribution is 5.94. The molecule has 6 nitrogen and oxygen atoms in total. The van der Waals surface area contributed by atoms with Crippen molar-refractivity contribution in [2.45, 2.75) is 20.5 Å². The van der Waals surface area contributed by atoms with Crippen molar-refractivity contribution in [2.75, 3.05) is 6.61 Å². The molecule has 0 fully saturated rings. The monoisotopic (exact) mass is 315 g/mol. The van der Waals surface area contributed by atoms with Crippen molar-refractivity contribution >= 4 is 11.7 Å². The second-order valence-corrected chi connectivity index (χ2v) is 4.85. The first-order valence-electron chi connectivity index (χ1n) is 7.16. The van der Waals surface area contributed by atoms with E-state index < -0.39 is 10.9 Å². The third-order valence-corrected chi connectivity index (χ3v) is 3.27. The number of aryl methyl sites for hydroxylation is 1. The third kappa shape index (κ3) is 3.85. The van der Waals surface area contributed by atoms with Gasteiger partial charge in [0, 0.05) is 11.1 Å². The molecule has 0 saturated heterocycles. The summed E-state index contributed by atoms with van der Waals surface area (Å²) in [7, 11) is 0. The van der Waals surface area contributed by atoms with Gasteiger partial charge in [0.25, 0.3) is 5.69 Å². The molecular weight excluding hydrogens is 298 g/mol. The van der Waals surface area contributed by atoms with Crippen LogP contribution in [-0.4, -0.2) is 17.5 Å². The normalized spacial score (nSPS) is 10.2. The van der Waals surface area contributed by atoms with Crippen LogP contribution in [0.2, 0.25) is 0 Å². The molecule has 23 heavy (non-hydrogen) atoms. The van der Waals surface area contributed by atoms with Gasteiger partial charge in [-0.15, -0.1) is 0 Å². The molecule has 2 rings (SSSR count). The second kappa shape index (κ2) is 7.40. The molecule has 0 atom stereocenters. The minimum Gasteiger partial charge on any atom is -0.493 e. The van der Waals surface area contributed by atoms with Crippen molar-refractivity contribution in [1.29, 1.82) is 0 Å². The lowest BCUT2D eigenvalue weighted by atomic mass is 10.1. The lowest BCUT2D eigenvalue weighted by Crippen LogP contribution is -2.10. The van der Waals surface area contributed by atoms with Crippen LogP contribution in [0.15, 0.2) is 42.5 Å². The van der Waals surface area contributed by atoms with E-state index in [4.69, 9.17) is 9.47 Å². The molecule has 6 heteroatoms. The Morgan fingerprint density at radius 3 is 2.61 bits per heavy atom. The molecule has 0 heterocycles. The summed E-state index contributed by atoms with van der Waals surface area (Å²) >= 11 is 0. The van der Waals surface area contributed by atoms with Gasteiger partial charge in [0.05, 0.1) is 11.5 Å². The number of carbonyl (C=O) groups is 1. The first-order chi connectivity index (χ1) is 11.0. The van der Waals surface area contributed by atoms with Gasteiger partial charge in [-0.2, -0.15) is 0 Å². The molecule has 0 spiro atoms. The lowest BCUT2D eigenvalue weighted by Gasteiger charge is -2.11. The van der Waals surface area contributed by atoms with Crippen molar-refractivity contribution in [2.24, 2.45) is 0 Å². The van der Waals surface area contributed by atoms with E-state index in [2.05, 4.69) is 0 Å². The molecule has 0 aliphatic rings. The number of nitro groups is 1. The van der Waals surface area contributed by atoms with Crippen LogP contribution in [-0.2, 0) is 11.3 Å². The number of nitrogens with zero attached hydrogens (tertiary/aromatic N) is 1. The largest absolute Gasteiger partial charge is 0.493 e. The highest BCUT2D eigenvalue weighted by atomic mass is 16.6. The molecule has 0 radical (unpaired) electrons. The lowest BCUT2D eigenvalue weighted by molar-refractivity contribution is -0.385. The summed E-state index contributed by atoms with van der Waals surface area (Å²) in [6.45, 7) is 3.92. The smallest absolute Gasteiger partial charge is 0.345 e. The minimum absolute atomic E-state index is 0.0138. The second-order valence-electron chi connectivity index (χ2n) is 4.85. The van der Waals surface area contributed by atoms with Crippen molar-refractivity contribution in [3.8, 4) is 5.75 Å². The maximum Gasteiger partial charge on any atom is 0.345 e. The Morgan fingerprint density at radius 1 is 1.17 bits per heavy atom. The van der Waals surface area contributed by atoms with Crippen LogP contribution in [0.3, 0.4) is 0 Å². The van der Waals surface area contributed by atoms with Crippen LogP contribution in [0, 0.1) is 17.0 Å². The predicted octanol–water partition coefficient (Wildman–Crippen LogP) is 3.66. The van der Waals surface area contributed by atoms with Crippen molar-refractivity contribution in [3.05, 3.63) is 69.3 Å². The van der Waals surface area contributed by atoms with Gasteiger partial charge in [-0.25, -0.2) is 4.79 Å². The third-order valence-electron chi connectivity index (χ3n) is 3.27. The van der Waals surface area contributed by atoms with Gasteiger partial charge in [-0.3, -0.25) is 10.1 Å². The topological polar surface area (TPSA) is 78.7 Å². The average Bonchev–Trinajstić information content (AvgIpc) is 2.53. The molecule has 0 bridgehead atoms. The van der Waals surface area contributed by atoms with E-state index in [1.54, 1.807) is 37.3 Å². The van der Waals surface area contributed by atoms with Gasteiger partial charge >= 0.3 is 5.97 Å². The van der Waals surface area contributed by atoms with E-state index in [9.17, 15) is 14.9 Å². The number of rotatable bonds is 6. The number of esters is 1. The summed E-state index contributed by atoms with van der Waals surface area (Å²) < 4.78 is 10.7. The van der Waals surface area contributed by atoms with Crippen molar-refractivity contribution in [1.82, 2.24) is 0 Å². The Hall–Kier alpha value is -2.89. The van der Waals surface area contributed by atoms with Gasteiger partial charge in [-0.05, 0) is 26.0 Å². The summed E-state index contributed by atoms with van der Waals surface area (Å²) in [6, 6.07) is 11.8. The Labute approximate surface area is 133 Å². The van der Waals surface area contributed by atoms with E-state index >= 15 is 0 Å². The van der Waals surface area contributed by atoms with Crippen molar-refractivity contribution < 1.29 is 19.2 Å². The fourth-order valence-electron chi connectivity index (χ4n) is 2.21. The number of carbonyl (C=O) groups excluding carboxylic acids is 1. The summed E-state index contributed by atoms with van der Waals surface area (Å²) in [6.07, 6.45) is 0. The number of nitro benzene ring substituents is 1. The number of ether oxygens (including phenoxy) is 2. The summed E-state index contributed by atoms with van der Waals surface area (Å²) in [5.74, 6) is -0.103. The highest BCUT2D eigenvalue weighted by Gasteiger charge is 2.23. The molecule has 0 N–H and O–H groups in total. The van der Waals surface area contributed by atoms with Gasteiger partial charge in [-0.1, -0.05) is 30.3 Å². The van der Waals surface area contributed by atoms with Gasteiger partial charge in [0.1, 0.15) is 17.9 Å². The standard InChI is InChI=1S/C17H17NO5/c1-3-22-15-10-5-4-8-13(15)11-23-17(19)14-9-6-7-12(2)16(14)18(20)21/h4-10H,3,11H2,1-2H3. The SMILES string of the molecule is CCOc1ccccc1COC(=O)c1cccc(C)c1[N+](=O)[O-]. The first kappa shape index (κ1) is 16.5. The van der Waals surface area contributed by atoms with Gasteiger partial charge in [0.15, 0.2) is 0 Å². The minimum atomic E-state index is -0.730. The molecule has 0 unspecified atom stereocenters. The molecule has 2 aromatic carbocycles. The molecule has 2 aromatic rings. The van der Waals surface area contributed by atoms with E-state index in [-0.39, 0.29) is 17.9 Å². The zero-order valence-electron chi connectivity index (χ0n) is 12.9. The maximum atomic E-state index is 12.2. The van der Waals surface area contributed by atoms with Crippen LogP contribution in [0.4, 0.5) is 5.69 Å². The Balaban J connectivity index is 2.18. The quantitative estimate of drug-likeness (QED) is 0.462. The van der Waals surface area contributed by atoms with Crippen molar-refractivity contribution in [3.63, 3.8) is 0 Å². The zero-order valence-corrected chi connectivity index (χ0v) is 12.9. The van der Waals surface area contributed by atoms with Crippen LogP contribution in [0.25, 0.3) is 0 Å². The molecular formula is C17H17NO5. The molecule has 0 saturated carbocycles. The molecule has 0 amide bonds. The van der Waals surface area contributed by atoms with Gasteiger partial charge < -0.3 is 9.47 Å². The number of hydrogen-bond acceptors (Lipinski definition) is 5.